The van der Waals surface area contributed by atoms with Crippen LogP contribution in [0.25, 0.3) is 0 Å². The zero-order chi connectivity index (χ0) is 22.0. The number of hydrogen-bond acceptors (Lipinski definition) is 5. The first-order chi connectivity index (χ1) is 14.9. The molecule has 1 aliphatic heterocycles. The third-order valence-electron chi connectivity index (χ3n) is 5.38. The number of benzene rings is 2. The molecule has 0 unspecified atom stereocenters. The van der Waals surface area contributed by atoms with E-state index < -0.39 is 0 Å². The van der Waals surface area contributed by atoms with E-state index in [4.69, 9.17) is 11.6 Å². The second kappa shape index (κ2) is 9.03. The van der Waals surface area contributed by atoms with Crippen LogP contribution in [0, 0.1) is 13.8 Å². The van der Waals surface area contributed by atoms with E-state index in [-0.39, 0.29) is 23.0 Å². The summed E-state index contributed by atoms with van der Waals surface area (Å²) in [5.41, 5.74) is 3.59. The van der Waals surface area contributed by atoms with E-state index in [1.165, 1.54) is 11.3 Å². The summed E-state index contributed by atoms with van der Waals surface area (Å²) in [5, 5.41) is 15.6. The smallest absolute Gasteiger partial charge is 0.320 e. The second-order valence-electron chi connectivity index (χ2n) is 7.44. The van der Waals surface area contributed by atoms with Crippen LogP contribution in [0.2, 0.25) is 5.02 Å². The fraction of sp³-hybridized carbons (Fsp3) is 0.273. The number of carbonyl (C=O) groups excluding carboxylic acids is 2. The third-order valence-corrected chi connectivity index (χ3v) is 6.66. The normalized spacial score (nSPS) is 15.7. The van der Waals surface area contributed by atoms with E-state index in [0.29, 0.717) is 22.3 Å². The van der Waals surface area contributed by atoms with Crippen molar-refractivity contribution in [2.24, 2.45) is 0 Å². The molecular formula is C22H22ClN5O2S. The van der Waals surface area contributed by atoms with Gasteiger partial charge in [-0.25, -0.2) is 4.79 Å². The number of hydrogen-bond donors (Lipinski definition) is 2. The molecule has 7 nitrogen and oxygen atoms in total. The van der Waals surface area contributed by atoms with E-state index in [2.05, 4.69) is 20.8 Å². The molecule has 0 aliphatic carbocycles. The number of aromatic nitrogens is 2. The molecule has 1 fully saturated rings. The van der Waals surface area contributed by atoms with Crippen molar-refractivity contribution in [1.82, 2.24) is 15.1 Å². The van der Waals surface area contributed by atoms with Crippen LogP contribution in [-0.4, -0.2) is 33.6 Å². The van der Waals surface area contributed by atoms with E-state index in [1.54, 1.807) is 29.2 Å². The van der Waals surface area contributed by atoms with Gasteiger partial charge in [-0.15, -0.1) is 10.2 Å². The Bertz CT molecular complexity index is 1120. The van der Waals surface area contributed by atoms with Crippen LogP contribution in [0.5, 0.6) is 0 Å². The minimum absolute atomic E-state index is 0.168. The summed E-state index contributed by atoms with van der Waals surface area (Å²) in [6.07, 6.45) is 1.66. The Balaban J connectivity index is 1.46. The zero-order valence-electron chi connectivity index (χ0n) is 17.2. The van der Waals surface area contributed by atoms with Gasteiger partial charge in [0.25, 0.3) is 5.91 Å². The van der Waals surface area contributed by atoms with Gasteiger partial charge in [-0.3, -0.25) is 4.79 Å². The first-order valence-electron chi connectivity index (χ1n) is 9.96. The highest BCUT2D eigenvalue weighted by molar-refractivity contribution is 7.13. The maximum atomic E-state index is 13.0. The molecule has 1 aromatic heterocycles. The lowest BCUT2D eigenvalue weighted by molar-refractivity contribution is 0.102. The van der Waals surface area contributed by atoms with Gasteiger partial charge in [0.2, 0.25) is 5.01 Å². The molecule has 0 spiro atoms. The highest BCUT2D eigenvalue weighted by Gasteiger charge is 2.33. The summed E-state index contributed by atoms with van der Waals surface area (Å²) in [7, 11) is 0. The zero-order valence-corrected chi connectivity index (χ0v) is 18.8. The molecule has 4 rings (SSSR count). The summed E-state index contributed by atoms with van der Waals surface area (Å²) >= 11 is 7.09. The van der Waals surface area contributed by atoms with Gasteiger partial charge >= 0.3 is 6.03 Å². The number of anilines is 2. The maximum Gasteiger partial charge on any atom is 0.322 e. The lowest BCUT2D eigenvalue weighted by Gasteiger charge is -2.23. The Kier molecular flexibility index (Phi) is 6.20. The molecule has 2 N–H and O–H groups in total. The average Bonchev–Trinajstić information content (AvgIpc) is 3.42. The molecule has 2 heterocycles. The highest BCUT2D eigenvalue weighted by atomic mass is 35.5. The average molecular weight is 456 g/mol. The lowest BCUT2D eigenvalue weighted by Crippen LogP contribution is -2.34. The van der Waals surface area contributed by atoms with Crippen molar-refractivity contribution >= 4 is 46.3 Å². The molecule has 0 radical (unpaired) electrons. The number of carbonyl (C=O) groups is 2. The Hall–Kier alpha value is -2.97. The number of rotatable bonds is 4. The number of amides is 3. The molecule has 1 saturated heterocycles. The van der Waals surface area contributed by atoms with Gasteiger partial charge < -0.3 is 15.5 Å². The van der Waals surface area contributed by atoms with Crippen molar-refractivity contribution in [1.29, 1.82) is 0 Å². The van der Waals surface area contributed by atoms with Gasteiger partial charge in [0, 0.05) is 22.9 Å². The van der Waals surface area contributed by atoms with Crippen molar-refractivity contribution < 1.29 is 9.59 Å². The minimum Gasteiger partial charge on any atom is -0.320 e. The van der Waals surface area contributed by atoms with Gasteiger partial charge in [0.05, 0.1) is 6.04 Å². The molecule has 9 heteroatoms. The van der Waals surface area contributed by atoms with Crippen LogP contribution in [0.4, 0.5) is 16.2 Å². The fourth-order valence-electron chi connectivity index (χ4n) is 3.52. The van der Waals surface area contributed by atoms with Crippen molar-refractivity contribution in [3.63, 3.8) is 0 Å². The second-order valence-corrected chi connectivity index (χ2v) is 8.88. The summed E-state index contributed by atoms with van der Waals surface area (Å²) < 4.78 is 0. The molecule has 3 aromatic rings. The van der Waals surface area contributed by atoms with Gasteiger partial charge in [0.1, 0.15) is 5.01 Å². The lowest BCUT2D eigenvalue weighted by atomic mass is 10.1. The molecule has 1 atom stereocenters. The Labute approximate surface area is 189 Å². The number of nitrogens with one attached hydrogen (secondary N) is 2. The quantitative estimate of drug-likeness (QED) is 0.549. The van der Waals surface area contributed by atoms with E-state index in [9.17, 15) is 9.59 Å². The van der Waals surface area contributed by atoms with Crippen LogP contribution in [0.15, 0.2) is 42.5 Å². The third kappa shape index (κ3) is 4.70. The summed E-state index contributed by atoms with van der Waals surface area (Å²) in [5.74, 6) is -0.338. The van der Waals surface area contributed by atoms with Gasteiger partial charge in [0.15, 0.2) is 0 Å². The van der Waals surface area contributed by atoms with Crippen LogP contribution in [0.3, 0.4) is 0 Å². The van der Waals surface area contributed by atoms with Crippen molar-refractivity contribution in [3.05, 3.63) is 68.6 Å². The largest absolute Gasteiger partial charge is 0.322 e. The topological polar surface area (TPSA) is 87.2 Å². The number of urea groups is 1. The number of nitrogens with zero attached hydrogens (tertiary/aromatic N) is 3. The Morgan fingerprint density at radius 1 is 1.10 bits per heavy atom. The maximum absolute atomic E-state index is 13.0. The number of halogens is 1. The molecule has 160 valence electrons. The predicted molar refractivity (Wildman–Crippen MR) is 123 cm³/mol. The number of aryl methyl sites for hydroxylation is 1. The number of likely N-dealkylation sites (tertiary alicyclic amines) is 1. The van der Waals surface area contributed by atoms with Gasteiger partial charge in [-0.05, 0) is 68.1 Å². The standard InChI is InChI=1S/C22H22ClN5O2S/c1-13-5-3-6-17(14(13)2)25-22(30)28-12-4-7-18(28)20-26-27-21(31-20)19(29)24-16-10-8-15(23)9-11-16/h3,5-6,8-11,18H,4,7,12H2,1-2H3,(H,24,29)(H,25,30)/t18-/m0/s1. The summed E-state index contributed by atoms with van der Waals surface area (Å²) in [6.45, 7) is 4.64. The van der Waals surface area contributed by atoms with E-state index >= 15 is 0 Å². The highest BCUT2D eigenvalue weighted by Crippen LogP contribution is 2.34. The monoisotopic (exact) mass is 455 g/mol. The van der Waals surface area contributed by atoms with E-state index in [1.807, 2.05) is 32.0 Å². The van der Waals surface area contributed by atoms with E-state index in [0.717, 1.165) is 29.7 Å². The summed E-state index contributed by atoms with van der Waals surface area (Å²) in [4.78, 5) is 27.2. The Morgan fingerprint density at radius 3 is 2.65 bits per heavy atom. The van der Waals surface area contributed by atoms with Crippen molar-refractivity contribution in [2.75, 3.05) is 17.2 Å². The minimum atomic E-state index is -0.338. The van der Waals surface area contributed by atoms with Crippen molar-refractivity contribution in [2.45, 2.75) is 32.7 Å². The van der Waals surface area contributed by atoms with Crippen LogP contribution in [-0.2, 0) is 0 Å². The van der Waals surface area contributed by atoms with Gasteiger partial charge in [-0.1, -0.05) is 35.1 Å². The van der Waals surface area contributed by atoms with Crippen LogP contribution in [0.1, 0.15) is 44.8 Å². The van der Waals surface area contributed by atoms with Crippen molar-refractivity contribution in [3.8, 4) is 0 Å². The molecule has 1 aliphatic rings. The fourth-order valence-corrected chi connectivity index (χ4v) is 4.53. The molecule has 0 saturated carbocycles. The molecule has 3 amide bonds. The molecule has 31 heavy (non-hydrogen) atoms. The molecular weight excluding hydrogens is 434 g/mol. The first-order valence-corrected chi connectivity index (χ1v) is 11.2. The molecule has 0 bridgehead atoms. The first kappa shape index (κ1) is 21.3. The molecule has 2 aromatic carbocycles. The predicted octanol–water partition coefficient (Wildman–Crippen LogP) is 5.43. The van der Waals surface area contributed by atoms with Crippen LogP contribution >= 0.6 is 22.9 Å². The SMILES string of the molecule is Cc1cccc(NC(=O)N2CCC[C@H]2c2nnc(C(=O)Nc3ccc(Cl)cc3)s2)c1C. The van der Waals surface area contributed by atoms with Crippen LogP contribution < -0.4 is 10.6 Å². The van der Waals surface area contributed by atoms with Gasteiger partial charge in [-0.2, -0.15) is 0 Å². The Morgan fingerprint density at radius 2 is 1.87 bits per heavy atom. The summed E-state index contributed by atoms with van der Waals surface area (Å²) in [6, 6.07) is 12.3.